The smallest absolute Gasteiger partial charge is 0.423 e. The van der Waals surface area contributed by atoms with Crippen molar-refractivity contribution in [2.45, 2.75) is 26.0 Å². The van der Waals surface area contributed by atoms with Gasteiger partial charge in [-0.2, -0.15) is 0 Å². The number of fused-ring (bicyclic) bond motifs is 1. The number of ether oxygens (including phenoxy) is 1. The lowest BCUT2D eigenvalue weighted by Gasteiger charge is -2.33. The maximum absolute atomic E-state index is 14.0. The van der Waals surface area contributed by atoms with E-state index in [-0.39, 0.29) is 46.4 Å². The zero-order valence-electron chi connectivity index (χ0n) is 23.6. The number of halogens is 1. The van der Waals surface area contributed by atoms with Gasteiger partial charge >= 0.3 is 11.3 Å². The van der Waals surface area contributed by atoms with Crippen LogP contribution < -0.4 is 16.0 Å². The second kappa shape index (κ2) is 13.1. The maximum atomic E-state index is 14.0. The Balaban J connectivity index is 1.35. The average Bonchev–Trinajstić information content (AvgIpc) is 3.03. The number of benzene rings is 3. The molecule has 1 aromatic heterocycles. The number of rotatable bonds is 10. The highest BCUT2D eigenvalue weighted by molar-refractivity contribution is 6.04. The highest BCUT2D eigenvalue weighted by Gasteiger charge is 2.28. The van der Waals surface area contributed by atoms with Gasteiger partial charge in [-0.15, -0.1) is 0 Å². The van der Waals surface area contributed by atoms with Gasteiger partial charge in [0.25, 0.3) is 5.91 Å². The minimum absolute atomic E-state index is 0.000766. The molecule has 1 N–H and O–H groups in total. The minimum atomic E-state index is -1.26. The van der Waals surface area contributed by atoms with Gasteiger partial charge in [0.15, 0.2) is 16.9 Å². The molecule has 0 radical (unpaired) electrons. The van der Waals surface area contributed by atoms with Crippen LogP contribution in [0.1, 0.15) is 44.7 Å². The number of amides is 1. The topological polar surface area (TPSA) is 130 Å². The Morgan fingerprint density at radius 2 is 1.70 bits per heavy atom. The fourth-order valence-electron chi connectivity index (χ4n) is 5.32. The van der Waals surface area contributed by atoms with Crippen LogP contribution in [-0.2, 0) is 13.2 Å². The highest BCUT2D eigenvalue weighted by atomic mass is 19.1. The number of nitrogens with zero attached hydrogens (tertiary/aromatic N) is 2. The molecule has 43 heavy (non-hydrogen) atoms. The molecule has 0 unspecified atom stereocenters. The van der Waals surface area contributed by atoms with Crippen LogP contribution in [0.25, 0.3) is 11.2 Å². The van der Waals surface area contributed by atoms with Crippen molar-refractivity contribution >= 4 is 22.9 Å². The molecule has 1 fully saturated rings. The van der Waals surface area contributed by atoms with E-state index in [4.69, 9.17) is 13.6 Å². The Bertz CT molecular complexity index is 1740. The quantitative estimate of drug-likeness (QED) is 0.217. The van der Waals surface area contributed by atoms with E-state index in [9.17, 15) is 28.7 Å². The second-order valence-corrected chi connectivity index (χ2v) is 10.4. The van der Waals surface area contributed by atoms with Crippen molar-refractivity contribution in [2.24, 2.45) is 5.92 Å². The molecule has 10 nitrogen and oxygen atoms in total. The molecule has 3 aromatic carbocycles. The van der Waals surface area contributed by atoms with Gasteiger partial charge in [0.1, 0.15) is 11.6 Å². The fourth-order valence-corrected chi connectivity index (χ4v) is 5.32. The molecule has 224 valence electrons. The van der Waals surface area contributed by atoms with Crippen LogP contribution in [0.3, 0.4) is 0 Å². The van der Waals surface area contributed by atoms with Crippen LogP contribution in [0.2, 0.25) is 0 Å². The monoisotopic (exact) mass is 590 g/mol. The molecule has 0 aliphatic carbocycles. The zero-order chi connectivity index (χ0) is 30.5. The summed E-state index contributed by atoms with van der Waals surface area (Å²) in [5.41, 5.74) is -1.35. The molecular weight excluding hydrogens is 559 g/mol. The third kappa shape index (κ3) is 6.73. The summed E-state index contributed by atoms with van der Waals surface area (Å²) in [5.74, 6) is -0.381. The van der Waals surface area contributed by atoms with E-state index in [1.807, 2.05) is 18.2 Å². The number of carbonyl (C=O) groups excluding carboxylic acids is 2. The number of ketones is 1. The van der Waals surface area contributed by atoms with Crippen molar-refractivity contribution in [3.05, 3.63) is 110 Å². The van der Waals surface area contributed by atoms with Gasteiger partial charge in [-0.3, -0.25) is 9.59 Å². The summed E-state index contributed by atoms with van der Waals surface area (Å²) in [6, 6.07) is 15.8. The largest absolute Gasteiger partial charge is 0.497 e. The molecule has 5 rings (SSSR count). The first kappa shape index (κ1) is 29.9. The number of piperidine rings is 1. The summed E-state index contributed by atoms with van der Waals surface area (Å²) in [7, 11) is 1.55. The molecule has 0 atom stereocenters. The van der Waals surface area contributed by atoms with Crippen LogP contribution in [-0.4, -0.2) is 59.9 Å². The van der Waals surface area contributed by atoms with Crippen LogP contribution in [0.15, 0.2) is 79.1 Å². The number of Topliss-reactive ketones (excluding diaryl/α,β-unsaturated/α-hetero) is 1. The lowest BCUT2D eigenvalue weighted by Crippen LogP contribution is -2.42. The lowest BCUT2D eigenvalue weighted by molar-refractivity contribution is 0.0699. The fraction of sp³-hybridized carbons (Fsp3) is 0.312. The third-order valence-corrected chi connectivity index (χ3v) is 7.72. The predicted molar refractivity (Wildman–Crippen MR) is 155 cm³/mol. The van der Waals surface area contributed by atoms with Crippen molar-refractivity contribution in [2.75, 3.05) is 33.3 Å². The first-order valence-corrected chi connectivity index (χ1v) is 13.9. The van der Waals surface area contributed by atoms with Crippen molar-refractivity contribution in [3.8, 4) is 5.75 Å². The predicted octanol–water partition coefficient (Wildman–Crippen LogP) is 3.62. The van der Waals surface area contributed by atoms with Gasteiger partial charge in [0.05, 0.1) is 19.3 Å². The zero-order valence-corrected chi connectivity index (χ0v) is 23.6. The van der Waals surface area contributed by atoms with Crippen molar-refractivity contribution in [1.29, 1.82) is 0 Å². The van der Waals surface area contributed by atoms with Crippen LogP contribution in [0, 0.1) is 11.7 Å². The number of hydrogen-bond donors (Lipinski definition) is 1. The molecule has 0 spiro atoms. The molecule has 1 aliphatic heterocycles. The number of carbonyl (C=O) groups is 2. The van der Waals surface area contributed by atoms with Gasteiger partial charge in [-0.1, -0.05) is 18.2 Å². The Hall–Kier alpha value is -4.61. The summed E-state index contributed by atoms with van der Waals surface area (Å²) in [5, 5.41) is 9.71. The molecule has 0 saturated carbocycles. The second-order valence-electron chi connectivity index (χ2n) is 10.4. The van der Waals surface area contributed by atoms with Gasteiger partial charge in [-0.05, 0) is 74.0 Å². The molecule has 0 bridgehead atoms. The summed E-state index contributed by atoms with van der Waals surface area (Å²) < 4.78 is 28.9. The lowest BCUT2D eigenvalue weighted by atomic mass is 9.89. The summed E-state index contributed by atoms with van der Waals surface area (Å²) in [6.07, 6.45) is 1.27. The number of aliphatic hydroxyl groups is 1. The Labute approximate surface area is 245 Å². The van der Waals surface area contributed by atoms with Crippen LogP contribution in [0.5, 0.6) is 5.75 Å². The van der Waals surface area contributed by atoms with E-state index in [2.05, 4.69) is 4.90 Å². The normalized spacial score (nSPS) is 14.1. The van der Waals surface area contributed by atoms with E-state index < -0.39 is 23.8 Å². The van der Waals surface area contributed by atoms with Gasteiger partial charge in [0.2, 0.25) is 0 Å². The van der Waals surface area contributed by atoms with Gasteiger partial charge in [-0.25, -0.2) is 14.0 Å². The van der Waals surface area contributed by atoms with E-state index in [0.717, 1.165) is 5.56 Å². The minimum Gasteiger partial charge on any atom is -0.497 e. The third-order valence-electron chi connectivity index (χ3n) is 7.72. The van der Waals surface area contributed by atoms with E-state index in [1.165, 1.54) is 36.4 Å². The van der Waals surface area contributed by atoms with E-state index >= 15 is 0 Å². The Kier molecular flexibility index (Phi) is 9.13. The molecule has 2 heterocycles. The first-order valence-electron chi connectivity index (χ1n) is 13.9. The van der Waals surface area contributed by atoms with E-state index in [1.54, 1.807) is 18.1 Å². The molecule has 1 saturated heterocycles. The highest BCUT2D eigenvalue weighted by Crippen LogP contribution is 2.25. The average molecular weight is 591 g/mol. The van der Waals surface area contributed by atoms with Gasteiger partial charge < -0.3 is 28.5 Å². The number of hydrogen-bond acceptors (Lipinski definition) is 9. The molecule has 1 aliphatic rings. The first-order chi connectivity index (χ1) is 20.8. The summed E-state index contributed by atoms with van der Waals surface area (Å²) in [4.78, 5) is 54.5. The molecule has 1 amide bonds. The molecular formula is C32H31FN2O8. The van der Waals surface area contributed by atoms with Crippen LogP contribution >= 0.6 is 0 Å². The summed E-state index contributed by atoms with van der Waals surface area (Å²) in [6.45, 7) is 1.82. The number of aliphatic hydroxyl groups excluding tert-OH is 1. The Morgan fingerprint density at radius 1 is 1.00 bits per heavy atom. The summed E-state index contributed by atoms with van der Waals surface area (Å²) >= 11 is 0. The van der Waals surface area contributed by atoms with Crippen molar-refractivity contribution in [3.63, 3.8) is 0 Å². The Morgan fingerprint density at radius 3 is 2.37 bits per heavy atom. The number of methoxy groups -OCH3 is 1. The van der Waals surface area contributed by atoms with Gasteiger partial charge in [0, 0.05) is 36.7 Å². The molecule has 4 aromatic rings. The standard InChI is InChI=1S/C32H31FN2O8/c1-41-25-4-2-3-20(17-25)18-35(30(38)26-10-7-23(19-36)28-29(26)43-32(40)31(39)42-28)16-15-34-13-11-22(12-14-34)27(37)21-5-8-24(33)9-6-21/h2-10,17,22,36H,11-16,18-19H2,1H3. The maximum Gasteiger partial charge on any atom is 0.423 e. The number of likely N-dealkylation sites (tertiary alicyclic amines) is 1. The van der Waals surface area contributed by atoms with E-state index in [0.29, 0.717) is 50.3 Å². The SMILES string of the molecule is COc1cccc(CN(CCN2CCC(C(=O)c3ccc(F)cc3)CC2)C(=O)c2ccc(CO)c3oc(=O)c(=O)oc23)c1. The van der Waals surface area contributed by atoms with Crippen molar-refractivity contribution in [1.82, 2.24) is 9.80 Å². The van der Waals surface area contributed by atoms with Crippen LogP contribution in [0.4, 0.5) is 4.39 Å². The molecule has 11 heteroatoms. The van der Waals surface area contributed by atoms with Crippen molar-refractivity contribution < 1.29 is 32.7 Å².